The van der Waals surface area contributed by atoms with Gasteiger partial charge in [-0.2, -0.15) is 0 Å². The zero-order chi connectivity index (χ0) is 13.3. The molecule has 1 fully saturated rings. The van der Waals surface area contributed by atoms with E-state index in [1.807, 2.05) is 37.8 Å². The highest BCUT2D eigenvalue weighted by atomic mass is 16.3. The van der Waals surface area contributed by atoms with Crippen LogP contribution in [0.1, 0.15) is 39.9 Å². The van der Waals surface area contributed by atoms with Crippen LogP contribution in [-0.2, 0) is 0 Å². The second-order valence-electron chi connectivity index (χ2n) is 5.23. The molecule has 0 bridgehead atoms. The van der Waals surface area contributed by atoms with Gasteiger partial charge in [0.05, 0.1) is 6.61 Å². The molecule has 0 aromatic heterocycles. The van der Waals surface area contributed by atoms with Crippen molar-refractivity contribution in [1.29, 1.82) is 0 Å². The average Bonchev–Trinajstić information content (AvgIpc) is 3.07. The topological polar surface area (TPSA) is 40.5 Å². The summed E-state index contributed by atoms with van der Waals surface area (Å²) < 4.78 is 0. The second kappa shape index (κ2) is 5.11. The van der Waals surface area contributed by atoms with Gasteiger partial charge in [-0.05, 0) is 44.7 Å². The average molecular weight is 247 g/mol. The van der Waals surface area contributed by atoms with Crippen LogP contribution in [0, 0.1) is 20.8 Å². The third-order valence-corrected chi connectivity index (χ3v) is 3.48. The Hall–Kier alpha value is -1.35. The van der Waals surface area contributed by atoms with Gasteiger partial charge in [0.2, 0.25) is 0 Å². The van der Waals surface area contributed by atoms with Crippen LogP contribution in [0.25, 0.3) is 0 Å². The normalized spacial score (nSPS) is 14.7. The van der Waals surface area contributed by atoms with Crippen LogP contribution in [0.4, 0.5) is 0 Å². The van der Waals surface area contributed by atoms with Crippen molar-refractivity contribution in [3.05, 3.63) is 34.4 Å². The standard InChI is InChI=1S/C15H21NO2/c1-10-8-11(2)14(12(3)9-10)15(18)16(6-7-17)13-4-5-13/h8-9,13,17H,4-7H2,1-3H3. The summed E-state index contributed by atoms with van der Waals surface area (Å²) in [5, 5.41) is 9.10. The largest absolute Gasteiger partial charge is 0.395 e. The molecule has 2 rings (SSSR count). The highest BCUT2D eigenvalue weighted by molar-refractivity contribution is 5.97. The summed E-state index contributed by atoms with van der Waals surface area (Å²) in [7, 11) is 0. The monoisotopic (exact) mass is 247 g/mol. The van der Waals surface area contributed by atoms with Crippen LogP contribution < -0.4 is 0 Å². The number of hydrogen-bond donors (Lipinski definition) is 1. The number of nitrogens with zero attached hydrogens (tertiary/aromatic N) is 1. The molecule has 3 heteroatoms. The number of aliphatic hydroxyl groups excluding tert-OH is 1. The molecule has 0 saturated heterocycles. The van der Waals surface area contributed by atoms with Crippen LogP contribution in [0.3, 0.4) is 0 Å². The Labute approximate surface area is 108 Å². The lowest BCUT2D eigenvalue weighted by Crippen LogP contribution is -2.36. The summed E-state index contributed by atoms with van der Waals surface area (Å²) in [6, 6.07) is 4.43. The SMILES string of the molecule is Cc1cc(C)c(C(=O)N(CCO)C2CC2)c(C)c1. The van der Waals surface area contributed by atoms with Gasteiger partial charge in [0, 0.05) is 18.2 Å². The summed E-state index contributed by atoms with van der Waals surface area (Å²) in [5.74, 6) is 0.0709. The number of hydrogen-bond acceptors (Lipinski definition) is 2. The van der Waals surface area contributed by atoms with E-state index in [1.54, 1.807) is 0 Å². The predicted molar refractivity (Wildman–Crippen MR) is 71.8 cm³/mol. The van der Waals surface area contributed by atoms with Crippen LogP contribution in [0.5, 0.6) is 0 Å². The highest BCUT2D eigenvalue weighted by Crippen LogP contribution is 2.29. The van der Waals surface area contributed by atoms with Gasteiger partial charge in [0.15, 0.2) is 0 Å². The van der Waals surface area contributed by atoms with Crippen molar-refractivity contribution in [3.63, 3.8) is 0 Å². The minimum Gasteiger partial charge on any atom is -0.395 e. The number of carbonyl (C=O) groups excluding carboxylic acids is 1. The number of aliphatic hydroxyl groups is 1. The van der Waals surface area contributed by atoms with Gasteiger partial charge in [0.25, 0.3) is 5.91 Å². The molecule has 0 spiro atoms. The summed E-state index contributed by atoms with van der Waals surface area (Å²) in [4.78, 5) is 14.4. The highest BCUT2D eigenvalue weighted by Gasteiger charge is 2.33. The van der Waals surface area contributed by atoms with Crippen LogP contribution in [0.15, 0.2) is 12.1 Å². The number of amides is 1. The Bertz CT molecular complexity index is 441. The molecule has 1 aliphatic carbocycles. The first kappa shape index (κ1) is 13.1. The van der Waals surface area contributed by atoms with E-state index in [-0.39, 0.29) is 12.5 Å². The third-order valence-electron chi connectivity index (χ3n) is 3.48. The first-order valence-electron chi connectivity index (χ1n) is 6.54. The number of carbonyl (C=O) groups is 1. The zero-order valence-electron chi connectivity index (χ0n) is 11.4. The van der Waals surface area contributed by atoms with E-state index in [4.69, 9.17) is 5.11 Å². The lowest BCUT2D eigenvalue weighted by Gasteiger charge is -2.23. The van der Waals surface area contributed by atoms with Gasteiger partial charge in [-0.25, -0.2) is 0 Å². The molecule has 1 aliphatic rings. The van der Waals surface area contributed by atoms with E-state index in [0.717, 1.165) is 29.5 Å². The molecule has 98 valence electrons. The number of benzene rings is 1. The van der Waals surface area contributed by atoms with Gasteiger partial charge in [-0.1, -0.05) is 17.7 Å². The van der Waals surface area contributed by atoms with Gasteiger partial charge < -0.3 is 10.0 Å². The molecule has 0 heterocycles. The number of rotatable bonds is 4. The van der Waals surface area contributed by atoms with E-state index in [1.165, 1.54) is 5.56 Å². The second-order valence-corrected chi connectivity index (χ2v) is 5.23. The summed E-state index contributed by atoms with van der Waals surface area (Å²) in [6.07, 6.45) is 2.13. The van der Waals surface area contributed by atoms with E-state index in [2.05, 4.69) is 0 Å². The molecule has 0 aliphatic heterocycles. The van der Waals surface area contributed by atoms with Crippen molar-refractivity contribution in [2.75, 3.05) is 13.2 Å². The fraction of sp³-hybridized carbons (Fsp3) is 0.533. The van der Waals surface area contributed by atoms with Crippen molar-refractivity contribution in [2.24, 2.45) is 0 Å². The number of aryl methyl sites for hydroxylation is 3. The molecule has 0 unspecified atom stereocenters. The Balaban J connectivity index is 2.32. The summed E-state index contributed by atoms with van der Waals surface area (Å²) >= 11 is 0. The molecule has 1 saturated carbocycles. The molecular formula is C15H21NO2. The maximum absolute atomic E-state index is 12.6. The van der Waals surface area contributed by atoms with Gasteiger partial charge >= 0.3 is 0 Å². The van der Waals surface area contributed by atoms with E-state index < -0.39 is 0 Å². The first-order valence-corrected chi connectivity index (χ1v) is 6.54. The molecule has 1 aromatic carbocycles. The van der Waals surface area contributed by atoms with Gasteiger partial charge in [-0.3, -0.25) is 4.79 Å². The van der Waals surface area contributed by atoms with Gasteiger partial charge in [-0.15, -0.1) is 0 Å². The summed E-state index contributed by atoms with van der Waals surface area (Å²) in [5.41, 5.74) is 4.05. The minimum atomic E-state index is 0.0339. The zero-order valence-corrected chi connectivity index (χ0v) is 11.4. The molecule has 0 atom stereocenters. The van der Waals surface area contributed by atoms with Crippen molar-refractivity contribution >= 4 is 5.91 Å². The van der Waals surface area contributed by atoms with Crippen molar-refractivity contribution < 1.29 is 9.90 Å². The fourth-order valence-electron chi connectivity index (χ4n) is 2.60. The first-order chi connectivity index (χ1) is 8.54. The molecule has 1 aromatic rings. The molecule has 1 amide bonds. The maximum atomic E-state index is 12.6. The Morgan fingerprint density at radius 3 is 2.28 bits per heavy atom. The van der Waals surface area contributed by atoms with Crippen LogP contribution >= 0.6 is 0 Å². The Morgan fingerprint density at radius 2 is 1.83 bits per heavy atom. The molecule has 1 N–H and O–H groups in total. The van der Waals surface area contributed by atoms with Crippen molar-refractivity contribution in [3.8, 4) is 0 Å². The lowest BCUT2D eigenvalue weighted by molar-refractivity contribution is 0.0706. The molecular weight excluding hydrogens is 226 g/mol. The smallest absolute Gasteiger partial charge is 0.254 e. The van der Waals surface area contributed by atoms with Gasteiger partial charge in [0.1, 0.15) is 0 Å². The van der Waals surface area contributed by atoms with E-state index >= 15 is 0 Å². The summed E-state index contributed by atoms with van der Waals surface area (Å²) in [6.45, 7) is 6.48. The Kier molecular flexibility index (Phi) is 3.71. The van der Waals surface area contributed by atoms with Crippen LogP contribution in [0.2, 0.25) is 0 Å². The van der Waals surface area contributed by atoms with Crippen molar-refractivity contribution in [1.82, 2.24) is 4.90 Å². The lowest BCUT2D eigenvalue weighted by atomic mass is 9.98. The predicted octanol–water partition coefficient (Wildman–Crippen LogP) is 2.21. The van der Waals surface area contributed by atoms with E-state index in [9.17, 15) is 4.79 Å². The Morgan fingerprint density at radius 1 is 1.28 bits per heavy atom. The minimum absolute atomic E-state index is 0.0339. The van der Waals surface area contributed by atoms with Crippen molar-refractivity contribution in [2.45, 2.75) is 39.7 Å². The quantitative estimate of drug-likeness (QED) is 0.886. The van der Waals surface area contributed by atoms with Crippen LogP contribution in [-0.4, -0.2) is 35.1 Å². The third kappa shape index (κ3) is 2.56. The van der Waals surface area contributed by atoms with E-state index in [0.29, 0.717) is 12.6 Å². The fourth-order valence-corrected chi connectivity index (χ4v) is 2.60. The maximum Gasteiger partial charge on any atom is 0.254 e. The molecule has 3 nitrogen and oxygen atoms in total. The molecule has 18 heavy (non-hydrogen) atoms. The molecule has 0 radical (unpaired) electrons.